The van der Waals surface area contributed by atoms with Crippen LogP contribution < -0.4 is 4.74 Å². The van der Waals surface area contributed by atoms with E-state index in [1.165, 1.54) is 0 Å². The Hall–Kier alpha value is -2.48. The number of aryl methyl sites for hydroxylation is 1. The Balaban J connectivity index is 1.26. The topological polar surface area (TPSA) is 82.4 Å². The van der Waals surface area contributed by atoms with Gasteiger partial charge in [-0.2, -0.15) is 5.10 Å². The SMILES string of the molecule is Cn1ccc(C(=O)N2CC3(CC(CCOc4ncccn4)CCO3)C2)n1. The summed E-state index contributed by atoms with van der Waals surface area (Å²) in [6.45, 7) is 2.61. The van der Waals surface area contributed by atoms with E-state index < -0.39 is 0 Å². The highest BCUT2D eigenvalue weighted by atomic mass is 16.5. The monoisotopic (exact) mass is 357 g/mol. The zero-order valence-corrected chi connectivity index (χ0v) is 14.9. The summed E-state index contributed by atoms with van der Waals surface area (Å²) in [5.74, 6) is 0.506. The van der Waals surface area contributed by atoms with E-state index in [1.54, 1.807) is 35.4 Å². The summed E-state index contributed by atoms with van der Waals surface area (Å²) in [5.41, 5.74) is 0.294. The van der Waals surface area contributed by atoms with E-state index >= 15 is 0 Å². The first-order valence-electron chi connectivity index (χ1n) is 8.96. The normalized spacial score (nSPS) is 21.4. The molecule has 0 radical (unpaired) electrons. The molecule has 4 heterocycles. The minimum absolute atomic E-state index is 0.0218. The second kappa shape index (κ2) is 7.03. The van der Waals surface area contributed by atoms with Crippen molar-refractivity contribution in [3.05, 3.63) is 36.4 Å². The summed E-state index contributed by atoms with van der Waals surface area (Å²) in [4.78, 5) is 22.4. The number of carbonyl (C=O) groups excluding carboxylic acids is 1. The molecule has 1 amide bonds. The molecule has 2 aromatic rings. The Morgan fingerprint density at radius 2 is 2.19 bits per heavy atom. The Kier molecular flexibility index (Phi) is 4.58. The van der Waals surface area contributed by atoms with Gasteiger partial charge in [-0.05, 0) is 37.3 Å². The van der Waals surface area contributed by atoms with Crippen LogP contribution in [0.25, 0.3) is 0 Å². The van der Waals surface area contributed by atoms with E-state index in [4.69, 9.17) is 9.47 Å². The highest BCUT2D eigenvalue weighted by molar-refractivity contribution is 5.93. The predicted octanol–water partition coefficient (Wildman–Crippen LogP) is 1.30. The fourth-order valence-corrected chi connectivity index (χ4v) is 3.76. The lowest BCUT2D eigenvalue weighted by molar-refractivity contribution is -0.167. The molecule has 0 aliphatic carbocycles. The molecule has 26 heavy (non-hydrogen) atoms. The number of carbonyl (C=O) groups is 1. The summed E-state index contributed by atoms with van der Waals surface area (Å²) in [6.07, 6.45) is 8.05. The molecular formula is C18H23N5O3. The van der Waals surface area contributed by atoms with Gasteiger partial charge in [0, 0.05) is 32.2 Å². The van der Waals surface area contributed by atoms with Gasteiger partial charge in [-0.25, -0.2) is 9.97 Å². The number of nitrogens with zero attached hydrogens (tertiary/aromatic N) is 5. The van der Waals surface area contributed by atoms with Crippen LogP contribution in [-0.4, -0.2) is 62.5 Å². The van der Waals surface area contributed by atoms with Gasteiger partial charge in [0.25, 0.3) is 5.91 Å². The average molecular weight is 357 g/mol. The first-order chi connectivity index (χ1) is 12.6. The van der Waals surface area contributed by atoms with Crippen molar-refractivity contribution in [2.75, 3.05) is 26.3 Å². The molecule has 0 bridgehead atoms. The van der Waals surface area contributed by atoms with Crippen LogP contribution in [0.15, 0.2) is 30.7 Å². The second-order valence-corrected chi connectivity index (χ2v) is 7.09. The lowest BCUT2D eigenvalue weighted by Crippen LogP contribution is -2.66. The molecule has 2 aliphatic rings. The van der Waals surface area contributed by atoms with Crippen LogP contribution in [0.1, 0.15) is 29.8 Å². The molecule has 138 valence electrons. The first kappa shape index (κ1) is 17.0. The van der Waals surface area contributed by atoms with Crippen molar-refractivity contribution in [2.24, 2.45) is 13.0 Å². The quantitative estimate of drug-likeness (QED) is 0.802. The fraction of sp³-hybridized carbons (Fsp3) is 0.556. The standard InChI is InChI=1S/C18H23N5O3/c1-22-8-3-15(21-22)16(24)23-12-18(13-23)11-14(5-10-26-18)4-9-25-17-19-6-2-7-20-17/h2-3,6-8,14H,4-5,9-13H2,1H3. The summed E-state index contributed by atoms with van der Waals surface area (Å²) in [6, 6.07) is 3.94. The van der Waals surface area contributed by atoms with Gasteiger partial charge in [0.2, 0.25) is 0 Å². The zero-order chi connectivity index (χ0) is 18.0. The molecule has 8 nitrogen and oxygen atoms in total. The average Bonchev–Trinajstić information content (AvgIpc) is 3.07. The number of hydrogen-bond donors (Lipinski definition) is 0. The van der Waals surface area contributed by atoms with Gasteiger partial charge in [0.15, 0.2) is 0 Å². The zero-order valence-electron chi connectivity index (χ0n) is 14.9. The molecule has 2 fully saturated rings. The maximum atomic E-state index is 12.4. The Bertz CT molecular complexity index is 757. The molecule has 8 heteroatoms. The molecule has 1 atom stereocenters. The minimum Gasteiger partial charge on any atom is -0.463 e. The lowest BCUT2D eigenvalue weighted by Gasteiger charge is -2.53. The van der Waals surface area contributed by atoms with Crippen molar-refractivity contribution in [3.63, 3.8) is 0 Å². The number of ether oxygens (including phenoxy) is 2. The Morgan fingerprint density at radius 3 is 2.92 bits per heavy atom. The van der Waals surface area contributed by atoms with E-state index in [-0.39, 0.29) is 11.5 Å². The van der Waals surface area contributed by atoms with Gasteiger partial charge in [-0.15, -0.1) is 0 Å². The van der Waals surface area contributed by atoms with E-state index in [2.05, 4.69) is 15.1 Å². The van der Waals surface area contributed by atoms with E-state index in [9.17, 15) is 4.79 Å². The number of amides is 1. The van der Waals surface area contributed by atoms with E-state index in [1.807, 2.05) is 11.9 Å². The summed E-state index contributed by atoms with van der Waals surface area (Å²) >= 11 is 0. The highest BCUT2D eigenvalue weighted by Gasteiger charge is 2.49. The first-order valence-corrected chi connectivity index (χ1v) is 8.96. The van der Waals surface area contributed by atoms with Crippen LogP contribution in [0.3, 0.4) is 0 Å². The van der Waals surface area contributed by atoms with Crippen LogP contribution in [0.5, 0.6) is 6.01 Å². The maximum absolute atomic E-state index is 12.4. The number of hydrogen-bond acceptors (Lipinski definition) is 6. The number of rotatable bonds is 5. The van der Waals surface area contributed by atoms with Gasteiger partial charge in [0.05, 0.1) is 19.7 Å². The van der Waals surface area contributed by atoms with E-state index in [0.717, 1.165) is 25.9 Å². The largest absolute Gasteiger partial charge is 0.463 e. The van der Waals surface area contributed by atoms with Gasteiger partial charge >= 0.3 is 6.01 Å². The molecule has 2 aliphatic heterocycles. The van der Waals surface area contributed by atoms with Crippen LogP contribution in [0.4, 0.5) is 0 Å². The van der Waals surface area contributed by atoms with Gasteiger partial charge in [-0.1, -0.05) is 0 Å². The molecule has 4 rings (SSSR count). The van der Waals surface area contributed by atoms with Gasteiger partial charge < -0.3 is 14.4 Å². The van der Waals surface area contributed by atoms with Crippen molar-refractivity contribution in [1.29, 1.82) is 0 Å². The molecule has 1 spiro atoms. The van der Waals surface area contributed by atoms with Crippen molar-refractivity contribution >= 4 is 5.91 Å². The molecule has 0 aromatic carbocycles. The molecule has 0 N–H and O–H groups in total. The predicted molar refractivity (Wildman–Crippen MR) is 92.7 cm³/mol. The third kappa shape index (κ3) is 3.55. The van der Waals surface area contributed by atoms with E-state index in [0.29, 0.717) is 37.3 Å². The van der Waals surface area contributed by atoms with Crippen LogP contribution in [0, 0.1) is 5.92 Å². The molecule has 2 saturated heterocycles. The molecule has 1 unspecified atom stereocenters. The highest BCUT2D eigenvalue weighted by Crippen LogP contribution is 2.38. The van der Waals surface area contributed by atoms with Crippen LogP contribution >= 0.6 is 0 Å². The summed E-state index contributed by atoms with van der Waals surface area (Å²) < 4.78 is 13.3. The number of aromatic nitrogens is 4. The minimum atomic E-state index is -0.198. The summed E-state index contributed by atoms with van der Waals surface area (Å²) in [5, 5.41) is 4.19. The van der Waals surface area contributed by atoms with Crippen molar-refractivity contribution in [2.45, 2.75) is 24.9 Å². The molecular weight excluding hydrogens is 334 g/mol. The molecule has 0 saturated carbocycles. The molecule has 2 aromatic heterocycles. The third-order valence-corrected chi connectivity index (χ3v) is 5.07. The maximum Gasteiger partial charge on any atom is 0.316 e. The Morgan fingerprint density at radius 1 is 1.38 bits per heavy atom. The van der Waals surface area contributed by atoms with Crippen molar-refractivity contribution < 1.29 is 14.3 Å². The van der Waals surface area contributed by atoms with Crippen molar-refractivity contribution in [3.8, 4) is 6.01 Å². The Labute approximate surface area is 152 Å². The third-order valence-electron chi connectivity index (χ3n) is 5.07. The smallest absolute Gasteiger partial charge is 0.316 e. The second-order valence-electron chi connectivity index (χ2n) is 7.09. The lowest BCUT2D eigenvalue weighted by atomic mass is 9.79. The van der Waals surface area contributed by atoms with Gasteiger partial charge in [0.1, 0.15) is 11.3 Å². The van der Waals surface area contributed by atoms with Crippen LogP contribution in [-0.2, 0) is 11.8 Å². The summed E-state index contributed by atoms with van der Waals surface area (Å²) in [7, 11) is 1.81. The van der Waals surface area contributed by atoms with Crippen molar-refractivity contribution in [1.82, 2.24) is 24.6 Å². The van der Waals surface area contributed by atoms with Crippen LogP contribution in [0.2, 0.25) is 0 Å². The van der Waals surface area contributed by atoms with Gasteiger partial charge in [-0.3, -0.25) is 9.48 Å². The number of likely N-dealkylation sites (tertiary alicyclic amines) is 1. The fourth-order valence-electron chi connectivity index (χ4n) is 3.76.